The van der Waals surface area contributed by atoms with Crippen LogP contribution in [0.1, 0.15) is 27.4 Å². The average molecular weight is 357 g/mol. The van der Waals surface area contributed by atoms with Gasteiger partial charge in [0.2, 0.25) is 0 Å². The number of methoxy groups -OCH3 is 1. The van der Waals surface area contributed by atoms with Crippen molar-refractivity contribution in [3.8, 4) is 11.5 Å². The second kappa shape index (κ2) is 7.49. The maximum atomic E-state index is 12.4. The highest BCUT2D eigenvalue weighted by atomic mass is 35.5. The molecular formula is C17H15ClF2O4. The number of rotatable bonds is 6. The van der Waals surface area contributed by atoms with Crippen LogP contribution >= 0.6 is 11.6 Å². The van der Waals surface area contributed by atoms with Gasteiger partial charge in [-0.25, -0.2) is 0 Å². The largest absolute Gasteiger partial charge is 0.493 e. The summed E-state index contributed by atoms with van der Waals surface area (Å²) in [4.78, 5) is 12.2. The summed E-state index contributed by atoms with van der Waals surface area (Å²) in [7, 11) is 1.31. The first-order chi connectivity index (χ1) is 11.3. The van der Waals surface area contributed by atoms with E-state index in [2.05, 4.69) is 4.74 Å². The van der Waals surface area contributed by atoms with Crippen molar-refractivity contribution in [2.24, 2.45) is 0 Å². The lowest BCUT2D eigenvalue weighted by Crippen LogP contribution is -2.04. The van der Waals surface area contributed by atoms with Crippen molar-refractivity contribution in [2.75, 3.05) is 7.11 Å². The van der Waals surface area contributed by atoms with Gasteiger partial charge in [0.05, 0.1) is 17.7 Å². The average Bonchev–Trinajstić information content (AvgIpc) is 2.85. The molecule has 7 heteroatoms. The van der Waals surface area contributed by atoms with E-state index in [0.717, 1.165) is 0 Å². The van der Waals surface area contributed by atoms with Crippen molar-refractivity contribution in [1.82, 2.24) is 0 Å². The number of hydrogen-bond donors (Lipinski definition) is 0. The summed E-state index contributed by atoms with van der Waals surface area (Å²) < 4.78 is 39.4. The molecule has 4 nitrogen and oxygen atoms in total. The molecule has 1 aromatic heterocycles. The SMILES string of the molecule is COc1cc(/C=C/C(=O)c2cc(C)oc2C)cc(Cl)c1OC(F)F. The zero-order valence-electron chi connectivity index (χ0n) is 13.2. The monoisotopic (exact) mass is 356 g/mol. The van der Waals surface area contributed by atoms with Gasteiger partial charge >= 0.3 is 6.61 Å². The third-order valence-electron chi connectivity index (χ3n) is 3.19. The van der Waals surface area contributed by atoms with E-state index in [1.54, 1.807) is 19.9 Å². The number of alkyl halides is 2. The van der Waals surface area contributed by atoms with Gasteiger partial charge in [0.1, 0.15) is 11.5 Å². The predicted molar refractivity (Wildman–Crippen MR) is 86.2 cm³/mol. The Morgan fingerprint density at radius 2 is 2.00 bits per heavy atom. The fourth-order valence-corrected chi connectivity index (χ4v) is 2.44. The van der Waals surface area contributed by atoms with E-state index in [4.69, 9.17) is 20.8 Å². The molecule has 0 aliphatic carbocycles. The van der Waals surface area contributed by atoms with Gasteiger partial charge in [-0.15, -0.1) is 0 Å². The van der Waals surface area contributed by atoms with Gasteiger partial charge in [-0.1, -0.05) is 17.7 Å². The maximum Gasteiger partial charge on any atom is 0.387 e. The van der Waals surface area contributed by atoms with Crippen LogP contribution in [0.4, 0.5) is 8.78 Å². The van der Waals surface area contributed by atoms with E-state index in [0.29, 0.717) is 22.6 Å². The third kappa shape index (κ3) is 4.14. The first-order valence-electron chi connectivity index (χ1n) is 6.93. The summed E-state index contributed by atoms with van der Waals surface area (Å²) >= 11 is 5.95. The van der Waals surface area contributed by atoms with Gasteiger partial charge in [0, 0.05) is 0 Å². The molecule has 1 aromatic carbocycles. The van der Waals surface area contributed by atoms with Crippen LogP contribution in [0.3, 0.4) is 0 Å². The highest BCUT2D eigenvalue weighted by Gasteiger charge is 2.16. The molecule has 0 spiro atoms. The minimum Gasteiger partial charge on any atom is -0.493 e. The number of halogens is 3. The molecule has 0 saturated heterocycles. The Balaban J connectivity index is 2.28. The normalized spacial score (nSPS) is 11.3. The molecule has 2 rings (SSSR count). The van der Waals surface area contributed by atoms with E-state index in [9.17, 15) is 13.6 Å². The van der Waals surface area contributed by atoms with Crippen LogP contribution in [-0.2, 0) is 0 Å². The summed E-state index contributed by atoms with van der Waals surface area (Å²) in [5, 5.41) is -0.0444. The number of allylic oxidation sites excluding steroid dienone is 1. The zero-order valence-corrected chi connectivity index (χ0v) is 14.0. The summed E-state index contributed by atoms with van der Waals surface area (Å²) in [5.41, 5.74) is 0.962. The van der Waals surface area contributed by atoms with Crippen LogP contribution in [-0.4, -0.2) is 19.5 Å². The van der Waals surface area contributed by atoms with E-state index in [1.807, 2.05) is 0 Å². The van der Waals surface area contributed by atoms with Gasteiger partial charge in [0.25, 0.3) is 0 Å². The molecule has 24 heavy (non-hydrogen) atoms. The quantitative estimate of drug-likeness (QED) is 0.536. The Morgan fingerprint density at radius 1 is 1.29 bits per heavy atom. The Morgan fingerprint density at radius 3 is 2.54 bits per heavy atom. The van der Waals surface area contributed by atoms with Crippen LogP contribution in [0.15, 0.2) is 28.7 Å². The zero-order chi connectivity index (χ0) is 17.9. The third-order valence-corrected chi connectivity index (χ3v) is 3.47. The highest BCUT2D eigenvalue weighted by Crippen LogP contribution is 2.37. The lowest BCUT2D eigenvalue weighted by Gasteiger charge is -2.12. The number of ketones is 1. The number of furan rings is 1. The molecule has 2 aromatic rings. The summed E-state index contributed by atoms with van der Waals surface area (Å²) in [5.74, 6) is 0.720. The molecular weight excluding hydrogens is 342 g/mol. The van der Waals surface area contributed by atoms with Crippen molar-refractivity contribution < 1.29 is 27.5 Å². The lowest BCUT2D eigenvalue weighted by atomic mass is 10.1. The minimum atomic E-state index is -3.02. The lowest BCUT2D eigenvalue weighted by molar-refractivity contribution is -0.0511. The molecule has 0 unspecified atom stereocenters. The van der Waals surface area contributed by atoms with Crippen molar-refractivity contribution in [1.29, 1.82) is 0 Å². The second-order valence-corrected chi connectivity index (χ2v) is 5.34. The number of carbonyl (C=O) groups excluding carboxylic acids is 1. The van der Waals surface area contributed by atoms with Gasteiger partial charge in [-0.3, -0.25) is 4.79 Å². The van der Waals surface area contributed by atoms with E-state index >= 15 is 0 Å². The summed E-state index contributed by atoms with van der Waals surface area (Å²) in [6, 6.07) is 4.50. The molecule has 0 saturated carbocycles. The van der Waals surface area contributed by atoms with Gasteiger partial charge in [0.15, 0.2) is 17.3 Å². The summed E-state index contributed by atoms with van der Waals surface area (Å²) in [6.07, 6.45) is 2.85. The van der Waals surface area contributed by atoms with Crippen LogP contribution < -0.4 is 9.47 Å². The molecule has 0 aliphatic rings. The Kier molecular flexibility index (Phi) is 5.62. The van der Waals surface area contributed by atoms with Gasteiger partial charge in [-0.05, 0) is 43.7 Å². The second-order valence-electron chi connectivity index (χ2n) is 4.94. The molecule has 1 heterocycles. The Bertz CT molecular complexity index is 781. The first-order valence-corrected chi connectivity index (χ1v) is 7.31. The fraction of sp³-hybridized carbons (Fsp3) is 0.235. The van der Waals surface area contributed by atoms with Gasteiger partial charge < -0.3 is 13.9 Å². The molecule has 0 aliphatic heterocycles. The molecule has 0 amide bonds. The smallest absolute Gasteiger partial charge is 0.387 e. The fourth-order valence-electron chi connectivity index (χ4n) is 2.18. The van der Waals surface area contributed by atoms with E-state index < -0.39 is 6.61 Å². The van der Waals surface area contributed by atoms with Crippen LogP contribution in [0.25, 0.3) is 6.08 Å². The van der Waals surface area contributed by atoms with Crippen LogP contribution in [0.5, 0.6) is 11.5 Å². The Labute approximate surface area is 142 Å². The minimum absolute atomic E-state index is 0.0444. The highest BCUT2D eigenvalue weighted by molar-refractivity contribution is 6.32. The number of benzene rings is 1. The predicted octanol–water partition coefficient (Wildman–Crippen LogP) is 5.06. The maximum absolute atomic E-state index is 12.4. The molecule has 128 valence electrons. The molecule has 0 radical (unpaired) electrons. The molecule has 0 atom stereocenters. The van der Waals surface area contributed by atoms with E-state index in [1.165, 1.54) is 31.4 Å². The van der Waals surface area contributed by atoms with Crippen LogP contribution in [0.2, 0.25) is 5.02 Å². The van der Waals surface area contributed by atoms with Crippen molar-refractivity contribution in [3.63, 3.8) is 0 Å². The molecule has 0 N–H and O–H groups in total. The van der Waals surface area contributed by atoms with Gasteiger partial charge in [-0.2, -0.15) is 8.78 Å². The summed E-state index contributed by atoms with van der Waals surface area (Å²) in [6.45, 7) is 0.427. The molecule has 0 bridgehead atoms. The first kappa shape index (κ1) is 18.0. The van der Waals surface area contributed by atoms with E-state index in [-0.39, 0.29) is 22.3 Å². The number of ether oxygens (including phenoxy) is 2. The molecule has 0 fully saturated rings. The van der Waals surface area contributed by atoms with Crippen molar-refractivity contribution in [2.45, 2.75) is 20.5 Å². The Hall–Kier alpha value is -2.34. The topological polar surface area (TPSA) is 48.7 Å². The number of aryl methyl sites for hydroxylation is 2. The van der Waals surface area contributed by atoms with Crippen LogP contribution in [0, 0.1) is 13.8 Å². The number of carbonyl (C=O) groups is 1. The number of hydrogen-bond acceptors (Lipinski definition) is 4. The van der Waals surface area contributed by atoms with Crippen molar-refractivity contribution in [3.05, 3.63) is 51.9 Å². The van der Waals surface area contributed by atoms with Crippen molar-refractivity contribution >= 4 is 23.5 Å². The standard InChI is InChI=1S/C17H15ClF2O4/c1-9-6-12(10(2)23-9)14(21)5-4-11-7-13(18)16(24-17(19)20)15(8-11)22-3/h4-8,17H,1-3H3/b5-4+.